The molecule has 3 nitrogen and oxygen atoms in total. The Hall–Kier alpha value is -1.48. The van der Waals surface area contributed by atoms with Gasteiger partial charge in [-0.05, 0) is 62.9 Å². The van der Waals surface area contributed by atoms with Gasteiger partial charge in [0, 0.05) is 5.39 Å². The standard InChI is InChI=1S/C16H21NO2/c1-11-8-14-13(9-12-4-3-7-17-10-12)5-6-15(18-2)16(14)19-11/h5-6,8,12,17H,3-4,7,9-10H2,1-2H3. The summed E-state index contributed by atoms with van der Waals surface area (Å²) in [4.78, 5) is 0. The van der Waals surface area contributed by atoms with Crippen LogP contribution < -0.4 is 10.1 Å². The number of piperidine rings is 1. The van der Waals surface area contributed by atoms with E-state index in [-0.39, 0.29) is 0 Å². The largest absolute Gasteiger partial charge is 0.493 e. The van der Waals surface area contributed by atoms with Crippen LogP contribution in [0.1, 0.15) is 24.2 Å². The van der Waals surface area contributed by atoms with Crippen molar-refractivity contribution in [2.75, 3.05) is 20.2 Å². The highest BCUT2D eigenvalue weighted by atomic mass is 16.5. The molecule has 3 heteroatoms. The van der Waals surface area contributed by atoms with Gasteiger partial charge in [-0.3, -0.25) is 0 Å². The first-order chi connectivity index (χ1) is 9.28. The Labute approximate surface area is 113 Å². The maximum atomic E-state index is 5.78. The van der Waals surface area contributed by atoms with Crippen molar-refractivity contribution in [1.82, 2.24) is 5.32 Å². The monoisotopic (exact) mass is 259 g/mol. The van der Waals surface area contributed by atoms with Gasteiger partial charge in [-0.2, -0.15) is 0 Å². The number of nitrogens with one attached hydrogen (secondary N) is 1. The van der Waals surface area contributed by atoms with Crippen molar-refractivity contribution in [2.45, 2.75) is 26.2 Å². The summed E-state index contributed by atoms with van der Waals surface area (Å²) in [7, 11) is 1.69. The zero-order valence-electron chi connectivity index (χ0n) is 11.7. The van der Waals surface area contributed by atoms with Gasteiger partial charge in [-0.15, -0.1) is 0 Å². The fourth-order valence-electron chi connectivity index (χ4n) is 3.03. The van der Waals surface area contributed by atoms with Gasteiger partial charge in [0.2, 0.25) is 0 Å². The first kappa shape index (κ1) is 12.5. The Morgan fingerprint density at radius 3 is 3.05 bits per heavy atom. The molecule has 1 aliphatic heterocycles. The molecule has 102 valence electrons. The van der Waals surface area contributed by atoms with Crippen LogP contribution in [0.15, 0.2) is 22.6 Å². The molecule has 1 aromatic heterocycles. The maximum Gasteiger partial charge on any atom is 0.176 e. The Morgan fingerprint density at radius 1 is 1.42 bits per heavy atom. The average molecular weight is 259 g/mol. The molecular formula is C16H21NO2. The van der Waals surface area contributed by atoms with Crippen molar-refractivity contribution in [2.24, 2.45) is 5.92 Å². The molecule has 1 atom stereocenters. The fourth-order valence-corrected chi connectivity index (χ4v) is 3.03. The molecular weight excluding hydrogens is 238 g/mol. The van der Waals surface area contributed by atoms with Gasteiger partial charge >= 0.3 is 0 Å². The lowest BCUT2D eigenvalue weighted by atomic mass is 9.91. The van der Waals surface area contributed by atoms with Gasteiger partial charge in [0.25, 0.3) is 0 Å². The summed E-state index contributed by atoms with van der Waals surface area (Å²) in [6.45, 7) is 4.29. The van der Waals surface area contributed by atoms with Crippen molar-refractivity contribution in [3.63, 3.8) is 0 Å². The van der Waals surface area contributed by atoms with Gasteiger partial charge in [0.1, 0.15) is 5.76 Å². The Bertz CT molecular complexity index is 567. The minimum absolute atomic E-state index is 0.737. The lowest BCUT2D eigenvalue weighted by Gasteiger charge is -2.23. The molecule has 1 N–H and O–H groups in total. The summed E-state index contributed by atoms with van der Waals surface area (Å²) in [5.41, 5.74) is 2.27. The van der Waals surface area contributed by atoms with Crippen LogP contribution in [0.25, 0.3) is 11.0 Å². The van der Waals surface area contributed by atoms with E-state index in [1.54, 1.807) is 7.11 Å². The predicted octanol–water partition coefficient (Wildman–Crippen LogP) is 3.29. The number of aryl methyl sites for hydroxylation is 1. The number of rotatable bonds is 3. The number of ether oxygens (including phenoxy) is 1. The number of benzene rings is 1. The third-order valence-electron chi connectivity index (χ3n) is 3.99. The lowest BCUT2D eigenvalue weighted by molar-refractivity contribution is 0.376. The molecule has 19 heavy (non-hydrogen) atoms. The molecule has 0 amide bonds. The Balaban J connectivity index is 1.94. The first-order valence-electron chi connectivity index (χ1n) is 7.04. The first-order valence-corrected chi connectivity index (χ1v) is 7.04. The molecule has 0 bridgehead atoms. The summed E-state index contributed by atoms with van der Waals surface area (Å²) in [5, 5.41) is 4.69. The average Bonchev–Trinajstić information content (AvgIpc) is 2.82. The highest BCUT2D eigenvalue weighted by molar-refractivity contribution is 5.87. The molecule has 1 saturated heterocycles. The van der Waals surface area contributed by atoms with Crippen LogP contribution in [0.3, 0.4) is 0 Å². The lowest BCUT2D eigenvalue weighted by Crippen LogP contribution is -2.30. The van der Waals surface area contributed by atoms with E-state index in [1.807, 2.05) is 13.0 Å². The molecule has 2 aromatic rings. The van der Waals surface area contributed by atoms with Crippen LogP contribution in [-0.4, -0.2) is 20.2 Å². The molecule has 0 aliphatic carbocycles. The quantitative estimate of drug-likeness (QED) is 0.918. The van der Waals surface area contributed by atoms with E-state index in [0.29, 0.717) is 0 Å². The highest BCUT2D eigenvalue weighted by Crippen LogP contribution is 2.33. The van der Waals surface area contributed by atoms with Gasteiger partial charge in [0.15, 0.2) is 11.3 Å². The normalized spacial score (nSPS) is 19.8. The molecule has 1 fully saturated rings. The molecule has 2 heterocycles. The van der Waals surface area contributed by atoms with Crippen molar-refractivity contribution in [3.05, 3.63) is 29.5 Å². The van der Waals surface area contributed by atoms with Crippen molar-refractivity contribution in [1.29, 1.82) is 0 Å². The van der Waals surface area contributed by atoms with Gasteiger partial charge < -0.3 is 14.5 Å². The molecule has 1 aromatic carbocycles. The molecule has 3 rings (SSSR count). The molecule has 1 unspecified atom stereocenters. The molecule has 0 saturated carbocycles. The fraction of sp³-hybridized carbons (Fsp3) is 0.500. The SMILES string of the molecule is COc1ccc(CC2CCCNC2)c2cc(C)oc12. The van der Waals surface area contributed by atoms with E-state index in [9.17, 15) is 0 Å². The summed E-state index contributed by atoms with van der Waals surface area (Å²) in [6.07, 6.45) is 3.72. The van der Waals surface area contributed by atoms with Crippen molar-refractivity contribution in [3.8, 4) is 5.75 Å². The second kappa shape index (κ2) is 5.25. The summed E-state index contributed by atoms with van der Waals surface area (Å²) >= 11 is 0. The Morgan fingerprint density at radius 2 is 2.32 bits per heavy atom. The zero-order valence-corrected chi connectivity index (χ0v) is 11.7. The predicted molar refractivity (Wildman–Crippen MR) is 76.8 cm³/mol. The van der Waals surface area contributed by atoms with Crippen LogP contribution in [0.4, 0.5) is 0 Å². The number of methoxy groups -OCH3 is 1. The van der Waals surface area contributed by atoms with Crippen molar-refractivity contribution >= 4 is 11.0 Å². The van der Waals surface area contributed by atoms with Gasteiger partial charge in [0.05, 0.1) is 7.11 Å². The van der Waals surface area contributed by atoms with E-state index in [4.69, 9.17) is 9.15 Å². The topological polar surface area (TPSA) is 34.4 Å². The molecule has 1 aliphatic rings. The van der Waals surface area contributed by atoms with E-state index < -0.39 is 0 Å². The maximum absolute atomic E-state index is 5.78. The zero-order chi connectivity index (χ0) is 13.2. The van der Waals surface area contributed by atoms with Gasteiger partial charge in [-0.1, -0.05) is 6.07 Å². The minimum atomic E-state index is 0.737. The van der Waals surface area contributed by atoms with Crippen LogP contribution >= 0.6 is 0 Å². The second-order valence-corrected chi connectivity index (χ2v) is 5.44. The molecule has 0 spiro atoms. The summed E-state index contributed by atoms with van der Waals surface area (Å²) in [6, 6.07) is 6.34. The summed E-state index contributed by atoms with van der Waals surface area (Å²) in [5.74, 6) is 2.51. The summed E-state index contributed by atoms with van der Waals surface area (Å²) < 4.78 is 11.2. The minimum Gasteiger partial charge on any atom is -0.493 e. The van der Waals surface area contributed by atoms with Crippen LogP contribution in [0.5, 0.6) is 5.75 Å². The number of hydrogen-bond donors (Lipinski definition) is 1. The van der Waals surface area contributed by atoms with E-state index >= 15 is 0 Å². The van der Waals surface area contributed by atoms with Crippen LogP contribution in [0.2, 0.25) is 0 Å². The number of hydrogen-bond acceptors (Lipinski definition) is 3. The van der Waals surface area contributed by atoms with E-state index in [0.717, 1.165) is 36.0 Å². The highest BCUT2D eigenvalue weighted by Gasteiger charge is 2.17. The van der Waals surface area contributed by atoms with Crippen LogP contribution in [0, 0.1) is 12.8 Å². The second-order valence-electron chi connectivity index (χ2n) is 5.44. The van der Waals surface area contributed by atoms with Gasteiger partial charge in [-0.25, -0.2) is 0 Å². The van der Waals surface area contributed by atoms with E-state index in [2.05, 4.69) is 17.4 Å². The third kappa shape index (κ3) is 2.47. The van der Waals surface area contributed by atoms with E-state index in [1.165, 1.54) is 30.3 Å². The van der Waals surface area contributed by atoms with Crippen LogP contribution in [-0.2, 0) is 6.42 Å². The van der Waals surface area contributed by atoms with Crippen molar-refractivity contribution < 1.29 is 9.15 Å². The number of fused-ring (bicyclic) bond motifs is 1. The third-order valence-corrected chi connectivity index (χ3v) is 3.99. The smallest absolute Gasteiger partial charge is 0.176 e. The molecule has 0 radical (unpaired) electrons. The Kier molecular flexibility index (Phi) is 3.47. The number of furan rings is 1.